The van der Waals surface area contributed by atoms with Crippen molar-refractivity contribution in [2.24, 2.45) is 11.8 Å². The molecule has 1 aliphatic heterocycles. The lowest BCUT2D eigenvalue weighted by molar-refractivity contribution is -0.145. The number of carbonyl (C=O) groups excluding carboxylic acids is 2. The predicted octanol–water partition coefficient (Wildman–Crippen LogP) is 2.20. The molecule has 0 aromatic rings. The summed E-state index contributed by atoms with van der Waals surface area (Å²) in [5.74, 6) is 0.202. The highest BCUT2D eigenvalue weighted by Crippen LogP contribution is 2.27. The summed E-state index contributed by atoms with van der Waals surface area (Å²) in [5, 5.41) is 6.32. The predicted molar refractivity (Wildman–Crippen MR) is 87.5 cm³/mol. The Morgan fingerprint density at radius 2 is 2.14 bits per heavy atom. The summed E-state index contributed by atoms with van der Waals surface area (Å²) in [4.78, 5) is 23.5. The molecule has 0 aliphatic carbocycles. The van der Waals surface area contributed by atoms with Gasteiger partial charge in [-0.05, 0) is 31.6 Å². The topological polar surface area (TPSA) is 67.4 Å². The summed E-state index contributed by atoms with van der Waals surface area (Å²) in [6, 6.07) is -0.434. The molecule has 1 heterocycles. The van der Waals surface area contributed by atoms with Crippen LogP contribution in [0.1, 0.15) is 40.5 Å². The molecule has 0 unspecified atom stereocenters. The fraction of sp³-hybridized carbons (Fsp3) is 0.750. The van der Waals surface area contributed by atoms with Gasteiger partial charge in [-0.3, -0.25) is 14.9 Å². The lowest BCUT2D eigenvalue weighted by atomic mass is 9.89. The number of rotatable bonds is 7. The molecule has 0 aromatic carbocycles. The second-order valence-electron chi connectivity index (χ2n) is 6.15. The Morgan fingerprint density at radius 3 is 2.64 bits per heavy atom. The summed E-state index contributed by atoms with van der Waals surface area (Å²) in [6.45, 7) is 7.88. The molecule has 0 spiro atoms. The van der Waals surface area contributed by atoms with Crippen LogP contribution in [0.15, 0.2) is 11.6 Å². The van der Waals surface area contributed by atoms with Crippen LogP contribution in [0.4, 0.5) is 0 Å². The minimum Gasteiger partial charge on any atom is -0.465 e. The molecule has 6 heteroatoms. The van der Waals surface area contributed by atoms with E-state index < -0.39 is 0 Å². The van der Waals surface area contributed by atoms with Crippen molar-refractivity contribution in [3.8, 4) is 0 Å². The smallest absolute Gasteiger partial charge is 0.323 e. The van der Waals surface area contributed by atoms with Crippen LogP contribution in [-0.2, 0) is 14.3 Å². The number of halogens is 1. The van der Waals surface area contributed by atoms with Crippen molar-refractivity contribution >= 4 is 23.5 Å². The van der Waals surface area contributed by atoms with Gasteiger partial charge in [-0.1, -0.05) is 31.5 Å². The summed E-state index contributed by atoms with van der Waals surface area (Å²) in [7, 11) is 0. The van der Waals surface area contributed by atoms with E-state index in [0.29, 0.717) is 18.9 Å². The quantitative estimate of drug-likeness (QED) is 0.702. The van der Waals surface area contributed by atoms with Crippen LogP contribution in [0.3, 0.4) is 0 Å². The standard InChI is InChI=1S/C16H27ClN2O3/c1-5-22-16(21)14-9-12(6-7-17)15(19-14)13(8-10(2)3)18-11(4)20/h6-7,10,12-15,19H,5,8-9H2,1-4H3,(H,18,20)/b7-6-/t12-,13+,14-,15-/m1/s1. The van der Waals surface area contributed by atoms with E-state index in [2.05, 4.69) is 24.5 Å². The molecule has 0 aromatic heterocycles. The summed E-state index contributed by atoms with van der Waals surface area (Å²) in [5.41, 5.74) is 1.48. The molecule has 1 amide bonds. The summed E-state index contributed by atoms with van der Waals surface area (Å²) in [6.07, 6.45) is 3.34. The lowest BCUT2D eigenvalue weighted by Gasteiger charge is -2.29. The molecule has 1 fully saturated rings. The van der Waals surface area contributed by atoms with Crippen molar-refractivity contribution in [3.63, 3.8) is 0 Å². The maximum absolute atomic E-state index is 12.0. The fourth-order valence-electron chi connectivity index (χ4n) is 3.02. The van der Waals surface area contributed by atoms with Gasteiger partial charge in [0.25, 0.3) is 0 Å². The maximum Gasteiger partial charge on any atom is 0.323 e. The van der Waals surface area contributed by atoms with Crippen LogP contribution in [0.2, 0.25) is 0 Å². The summed E-state index contributed by atoms with van der Waals surface area (Å²) >= 11 is 5.74. The molecule has 126 valence electrons. The second kappa shape index (κ2) is 9.16. The molecule has 1 saturated heterocycles. The van der Waals surface area contributed by atoms with Crippen molar-refractivity contribution in [1.82, 2.24) is 10.6 Å². The molecule has 0 bridgehead atoms. The Bertz CT molecular complexity index is 412. The normalized spacial score (nSPS) is 26.4. The van der Waals surface area contributed by atoms with Gasteiger partial charge in [0.2, 0.25) is 5.91 Å². The second-order valence-corrected chi connectivity index (χ2v) is 6.40. The van der Waals surface area contributed by atoms with Crippen molar-refractivity contribution in [2.75, 3.05) is 6.61 Å². The largest absolute Gasteiger partial charge is 0.465 e. The first-order chi connectivity index (χ1) is 10.4. The Hall–Kier alpha value is -1.07. The molecule has 2 N–H and O–H groups in total. The Kier molecular flexibility index (Phi) is 7.90. The van der Waals surface area contributed by atoms with E-state index >= 15 is 0 Å². The molecule has 0 saturated carbocycles. The molecular formula is C16H27ClN2O3. The molecule has 22 heavy (non-hydrogen) atoms. The highest BCUT2D eigenvalue weighted by Gasteiger charge is 2.41. The highest BCUT2D eigenvalue weighted by atomic mass is 35.5. The third kappa shape index (κ3) is 5.61. The average Bonchev–Trinajstić information content (AvgIpc) is 2.81. The van der Waals surface area contributed by atoms with Gasteiger partial charge < -0.3 is 10.1 Å². The Balaban J connectivity index is 2.89. The molecule has 1 rings (SSSR count). The highest BCUT2D eigenvalue weighted by molar-refractivity contribution is 6.25. The minimum atomic E-state index is -0.355. The van der Waals surface area contributed by atoms with E-state index in [4.69, 9.17) is 16.3 Å². The summed E-state index contributed by atoms with van der Waals surface area (Å²) < 4.78 is 5.10. The number of hydrogen-bond acceptors (Lipinski definition) is 4. The Labute approximate surface area is 137 Å². The monoisotopic (exact) mass is 330 g/mol. The Morgan fingerprint density at radius 1 is 1.45 bits per heavy atom. The average molecular weight is 331 g/mol. The van der Waals surface area contributed by atoms with E-state index in [1.54, 1.807) is 6.92 Å². The van der Waals surface area contributed by atoms with Crippen molar-refractivity contribution in [1.29, 1.82) is 0 Å². The first-order valence-electron chi connectivity index (χ1n) is 7.85. The zero-order valence-corrected chi connectivity index (χ0v) is 14.5. The molecule has 1 aliphatic rings. The van der Waals surface area contributed by atoms with Crippen LogP contribution in [0.5, 0.6) is 0 Å². The number of carbonyl (C=O) groups is 2. The van der Waals surface area contributed by atoms with Gasteiger partial charge in [-0.2, -0.15) is 0 Å². The van der Waals surface area contributed by atoms with Crippen molar-refractivity contribution < 1.29 is 14.3 Å². The maximum atomic E-state index is 12.0. The first-order valence-corrected chi connectivity index (χ1v) is 8.29. The SMILES string of the molecule is CCOC(=O)[C@H]1C[C@@H](/C=C\Cl)[C@H]([C@H](CC(C)C)NC(C)=O)N1. The van der Waals surface area contributed by atoms with Crippen LogP contribution in [-0.4, -0.2) is 36.6 Å². The van der Waals surface area contributed by atoms with E-state index in [1.807, 2.05) is 6.08 Å². The first kappa shape index (κ1) is 19.0. The zero-order valence-electron chi connectivity index (χ0n) is 13.8. The van der Waals surface area contributed by atoms with E-state index in [9.17, 15) is 9.59 Å². The van der Waals surface area contributed by atoms with Crippen LogP contribution < -0.4 is 10.6 Å². The minimum absolute atomic E-state index is 0.0318. The van der Waals surface area contributed by atoms with Gasteiger partial charge >= 0.3 is 5.97 Å². The van der Waals surface area contributed by atoms with Crippen LogP contribution in [0, 0.1) is 11.8 Å². The van der Waals surface area contributed by atoms with Gasteiger partial charge in [0.15, 0.2) is 0 Å². The van der Waals surface area contributed by atoms with E-state index in [0.717, 1.165) is 6.42 Å². The lowest BCUT2D eigenvalue weighted by Crippen LogP contribution is -2.51. The number of amides is 1. The van der Waals surface area contributed by atoms with E-state index in [-0.39, 0.29) is 35.9 Å². The fourth-order valence-corrected chi connectivity index (χ4v) is 3.21. The molecule has 0 radical (unpaired) electrons. The van der Waals surface area contributed by atoms with Gasteiger partial charge in [0, 0.05) is 24.5 Å². The van der Waals surface area contributed by atoms with Gasteiger partial charge in [-0.15, -0.1) is 0 Å². The number of ether oxygens (including phenoxy) is 1. The van der Waals surface area contributed by atoms with Crippen molar-refractivity contribution in [2.45, 2.75) is 58.7 Å². The number of nitrogens with one attached hydrogen (secondary N) is 2. The van der Waals surface area contributed by atoms with Gasteiger partial charge in [0.05, 0.1) is 6.61 Å². The number of hydrogen-bond donors (Lipinski definition) is 2. The third-order valence-corrected chi connectivity index (χ3v) is 3.95. The van der Waals surface area contributed by atoms with Crippen LogP contribution >= 0.6 is 11.6 Å². The van der Waals surface area contributed by atoms with Crippen molar-refractivity contribution in [3.05, 3.63) is 11.6 Å². The molecule has 5 nitrogen and oxygen atoms in total. The molecule has 4 atom stereocenters. The zero-order chi connectivity index (χ0) is 16.7. The van der Waals surface area contributed by atoms with Gasteiger partial charge in [-0.25, -0.2) is 0 Å². The number of esters is 1. The third-order valence-electron chi connectivity index (χ3n) is 3.80. The molecular weight excluding hydrogens is 304 g/mol. The van der Waals surface area contributed by atoms with Gasteiger partial charge in [0.1, 0.15) is 6.04 Å². The van der Waals surface area contributed by atoms with Crippen LogP contribution in [0.25, 0.3) is 0 Å². The van der Waals surface area contributed by atoms with E-state index in [1.165, 1.54) is 12.5 Å².